The molecule has 1 aromatic rings. The molecule has 114 valence electrons. The van der Waals surface area contributed by atoms with Crippen molar-refractivity contribution in [1.82, 2.24) is 10.2 Å². The molecular formula is C16H23N3O2. The Kier molecular flexibility index (Phi) is 5.20. The average Bonchev–Trinajstić information content (AvgIpc) is 2.48. The second kappa shape index (κ2) is 7.11. The lowest BCUT2D eigenvalue weighted by Crippen LogP contribution is -2.41. The summed E-state index contributed by atoms with van der Waals surface area (Å²) in [5.41, 5.74) is 1.63. The van der Waals surface area contributed by atoms with Gasteiger partial charge in [0, 0.05) is 43.9 Å². The molecule has 1 heterocycles. The lowest BCUT2D eigenvalue weighted by Gasteiger charge is -2.32. The molecule has 0 saturated carbocycles. The van der Waals surface area contributed by atoms with Crippen molar-refractivity contribution in [1.29, 1.82) is 0 Å². The van der Waals surface area contributed by atoms with Crippen LogP contribution in [-0.2, 0) is 4.79 Å². The molecule has 0 aliphatic carbocycles. The van der Waals surface area contributed by atoms with Gasteiger partial charge in [-0.1, -0.05) is 6.07 Å². The fourth-order valence-electron chi connectivity index (χ4n) is 2.59. The minimum Gasteiger partial charge on any atom is -0.382 e. The summed E-state index contributed by atoms with van der Waals surface area (Å²) in [5.74, 6) is 0.0965. The minimum absolute atomic E-state index is 0.0486. The Hall–Kier alpha value is -2.04. The van der Waals surface area contributed by atoms with E-state index >= 15 is 0 Å². The normalized spacial score (nSPS) is 15.6. The van der Waals surface area contributed by atoms with Gasteiger partial charge in [0.25, 0.3) is 5.91 Å². The molecule has 1 saturated heterocycles. The molecule has 0 aromatic heterocycles. The van der Waals surface area contributed by atoms with Crippen molar-refractivity contribution in [2.75, 3.05) is 25.0 Å². The lowest BCUT2D eigenvalue weighted by atomic mass is 10.0. The first-order chi connectivity index (χ1) is 10.1. The maximum atomic E-state index is 11.8. The van der Waals surface area contributed by atoms with E-state index in [-0.39, 0.29) is 11.8 Å². The molecule has 21 heavy (non-hydrogen) atoms. The van der Waals surface area contributed by atoms with Crippen LogP contribution in [0.3, 0.4) is 0 Å². The van der Waals surface area contributed by atoms with Crippen molar-refractivity contribution in [3.63, 3.8) is 0 Å². The van der Waals surface area contributed by atoms with Gasteiger partial charge in [-0.25, -0.2) is 0 Å². The molecule has 1 fully saturated rings. The molecule has 2 rings (SSSR count). The molecule has 0 spiro atoms. The largest absolute Gasteiger partial charge is 0.382 e. The molecule has 1 aliphatic rings. The SMILES string of the molecule is CCNC(=O)c1cccc(NC2CCN(C(C)=O)CC2)c1. The van der Waals surface area contributed by atoms with Gasteiger partial charge in [-0.05, 0) is 38.0 Å². The van der Waals surface area contributed by atoms with E-state index in [1.165, 1.54) is 0 Å². The van der Waals surface area contributed by atoms with E-state index < -0.39 is 0 Å². The number of carbonyl (C=O) groups is 2. The van der Waals surface area contributed by atoms with Gasteiger partial charge in [0.15, 0.2) is 0 Å². The first-order valence-corrected chi connectivity index (χ1v) is 7.50. The number of likely N-dealkylation sites (tertiary alicyclic amines) is 1. The monoisotopic (exact) mass is 289 g/mol. The second-order valence-electron chi connectivity index (χ2n) is 5.36. The first-order valence-electron chi connectivity index (χ1n) is 7.50. The Morgan fingerprint density at radius 1 is 1.29 bits per heavy atom. The Morgan fingerprint density at radius 3 is 2.62 bits per heavy atom. The number of hydrogen-bond acceptors (Lipinski definition) is 3. The van der Waals surface area contributed by atoms with E-state index in [1.54, 1.807) is 6.92 Å². The summed E-state index contributed by atoms with van der Waals surface area (Å²) in [5, 5.41) is 6.26. The lowest BCUT2D eigenvalue weighted by molar-refractivity contribution is -0.129. The zero-order valence-corrected chi connectivity index (χ0v) is 12.7. The van der Waals surface area contributed by atoms with Crippen LogP contribution in [0.15, 0.2) is 24.3 Å². The number of carbonyl (C=O) groups excluding carboxylic acids is 2. The number of nitrogens with one attached hydrogen (secondary N) is 2. The molecule has 1 aromatic carbocycles. The van der Waals surface area contributed by atoms with Gasteiger partial charge in [0.2, 0.25) is 5.91 Å². The fraction of sp³-hybridized carbons (Fsp3) is 0.500. The number of hydrogen-bond donors (Lipinski definition) is 2. The molecule has 2 amide bonds. The van der Waals surface area contributed by atoms with Gasteiger partial charge in [0.05, 0.1) is 0 Å². The minimum atomic E-state index is -0.0486. The quantitative estimate of drug-likeness (QED) is 0.889. The summed E-state index contributed by atoms with van der Waals surface area (Å²) in [4.78, 5) is 25.0. The highest BCUT2D eigenvalue weighted by molar-refractivity contribution is 5.95. The Morgan fingerprint density at radius 2 is 2.00 bits per heavy atom. The van der Waals surface area contributed by atoms with Gasteiger partial charge in [0.1, 0.15) is 0 Å². The van der Waals surface area contributed by atoms with Crippen LogP contribution in [0.4, 0.5) is 5.69 Å². The predicted octanol–water partition coefficient (Wildman–Crippen LogP) is 1.86. The van der Waals surface area contributed by atoms with Crippen molar-refractivity contribution < 1.29 is 9.59 Å². The molecule has 0 atom stereocenters. The Labute approximate surface area is 125 Å². The summed E-state index contributed by atoms with van der Waals surface area (Å²) in [7, 11) is 0. The van der Waals surface area contributed by atoms with Crippen LogP contribution in [0, 0.1) is 0 Å². The van der Waals surface area contributed by atoms with E-state index in [0.717, 1.165) is 31.6 Å². The molecule has 2 N–H and O–H groups in total. The van der Waals surface area contributed by atoms with E-state index in [4.69, 9.17) is 0 Å². The van der Waals surface area contributed by atoms with Gasteiger partial charge in [-0.2, -0.15) is 0 Å². The summed E-state index contributed by atoms with van der Waals surface area (Å²) in [6.45, 7) is 5.73. The zero-order valence-electron chi connectivity index (χ0n) is 12.7. The maximum Gasteiger partial charge on any atom is 0.251 e. The van der Waals surface area contributed by atoms with Crippen molar-refractivity contribution >= 4 is 17.5 Å². The third-order valence-corrected chi connectivity index (χ3v) is 3.77. The van der Waals surface area contributed by atoms with E-state index in [0.29, 0.717) is 18.2 Å². The number of benzene rings is 1. The van der Waals surface area contributed by atoms with Crippen LogP contribution < -0.4 is 10.6 Å². The van der Waals surface area contributed by atoms with Crippen LogP contribution in [0.2, 0.25) is 0 Å². The van der Waals surface area contributed by atoms with Gasteiger partial charge in [-0.15, -0.1) is 0 Å². The number of amides is 2. The van der Waals surface area contributed by atoms with Crippen molar-refractivity contribution in [3.8, 4) is 0 Å². The molecule has 5 heteroatoms. The number of piperidine rings is 1. The molecule has 1 aliphatic heterocycles. The van der Waals surface area contributed by atoms with Crippen LogP contribution in [0.5, 0.6) is 0 Å². The predicted molar refractivity (Wildman–Crippen MR) is 83.3 cm³/mol. The number of anilines is 1. The van der Waals surface area contributed by atoms with Gasteiger partial charge >= 0.3 is 0 Å². The van der Waals surface area contributed by atoms with E-state index in [2.05, 4.69) is 10.6 Å². The molecule has 0 bridgehead atoms. The Balaban J connectivity index is 1.93. The van der Waals surface area contributed by atoms with Gasteiger partial charge < -0.3 is 15.5 Å². The van der Waals surface area contributed by atoms with Gasteiger partial charge in [-0.3, -0.25) is 9.59 Å². The Bertz CT molecular complexity index is 508. The molecule has 5 nitrogen and oxygen atoms in total. The third-order valence-electron chi connectivity index (χ3n) is 3.77. The summed E-state index contributed by atoms with van der Waals surface area (Å²) < 4.78 is 0. The summed E-state index contributed by atoms with van der Waals surface area (Å²) in [6, 6.07) is 7.90. The average molecular weight is 289 g/mol. The van der Waals surface area contributed by atoms with Crippen molar-refractivity contribution in [2.24, 2.45) is 0 Å². The van der Waals surface area contributed by atoms with Crippen LogP contribution in [-0.4, -0.2) is 42.4 Å². The number of rotatable bonds is 4. The third kappa shape index (κ3) is 4.21. The van der Waals surface area contributed by atoms with Crippen LogP contribution >= 0.6 is 0 Å². The molecule has 0 unspecified atom stereocenters. The first kappa shape index (κ1) is 15.4. The standard InChI is InChI=1S/C16H23N3O2/c1-3-17-16(21)13-5-4-6-15(11-13)18-14-7-9-19(10-8-14)12(2)20/h4-6,11,14,18H,3,7-10H2,1-2H3,(H,17,21). The molecule has 0 radical (unpaired) electrons. The van der Waals surface area contributed by atoms with Crippen molar-refractivity contribution in [2.45, 2.75) is 32.7 Å². The highest BCUT2D eigenvalue weighted by Gasteiger charge is 2.20. The summed E-state index contributed by atoms with van der Waals surface area (Å²) >= 11 is 0. The van der Waals surface area contributed by atoms with Crippen molar-refractivity contribution in [3.05, 3.63) is 29.8 Å². The smallest absolute Gasteiger partial charge is 0.251 e. The highest BCUT2D eigenvalue weighted by atomic mass is 16.2. The second-order valence-corrected chi connectivity index (χ2v) is 5.36. The summed E-state index contributed by atoms with van der Waals surface area (Å²) in [6.07, 6.45) is 1.87. The molecular weight excluding hydrogens is 266 g/mol. The number of nitrogens with zero attached hydrogens (tertiary/aromatic N) is 1. The van der Waals surface area contributed by atoms with E-state index in [9.17, 15) is 9.59 Å². The topological polar surface area (TPSA) is 61.4 Å². The zero-order chi connectivity index (χ0) is 15.2. The fourth-order valence-corrected chi connectivity index (χ4v) is 2.59. The maximum absolute atomic E-state index is 11.8. The highest BCUT2D eigenvalue weighted by Crippen LogP contribution is 2.18. The van der Waals surface area contributed by atoms with Crippen LogP contribution in [0.1, 0.15) is 37.0 Å². The van der Waals surface area contributed by atoms with Crippen LogP contribution in [0.25, 0.3) is 0 Å². The van der Waals surface area contributed by atoms with E-state index in [1.807, 2.05) is 36.1 Å².